The van der Waals surface area contributed by atoms with Crippen LogP contribution >= 0.6 is 11.8 Å². The van der Waals surface area contributed by atoms with Gasteiger partial charge in [-0.15, -0.1) is 0 Å². The normalized spacial score (nSPS) is 12.1. The summed E-state index contributed by atoms with van der Waals surface area (Å²) in [6.45, 7) is 8.91. The first-order valence-corrected chi connectivity index (χ1v) is 19.7. The molecule has 0 aliphatic carbocycles. The maximum absolute atomic E-state index is 12.9. The van der Waals surface area contributed by atoms with E-state index in [1.807, 2.05) is 0 Å². The maximum Gasteiger partial charge on any atom is 0.281 e. The van der Waals surface area contributed by atoms with E-state index in [-0.39, 0.29) is 5.24 Å². The van der Waals surface area contributed by atoms with Gasteiger partial charge in [0.15, 0.2) is 0 Å². The lowest BCUT2D eigenvalue weighted by molar-refractivity contribution is 0.157. The van der Waals surface area contributed by atoms with E-state index in [1.54, 1.807) is 0 Å². The van der Waals surface area contributed by atoms with Gasteiger partial charge in [-0.05, 0) is 78.3 Å². The maximum atomic E-state index is 12.9. The Morgan fingerprint density at radius 1 is 0.568 bits per heavy atom. The van der Waals surface area contributed by atoms with E-state index < -0.39 is 0 Å². The third-order valence-corrected chi connectivity index (χ3v) is 8.86. The highest BCUT2D eigenvalue weighted by atomic mass is 32.2. The molecule has 44 heavy (non-hydrogen) atoms. The number of ether oxygens (including phenoxy) is 1. The molecule has 0 aromatic carbocycles. The highest BCUT2D eigenvalue weighted by molar-refractivity contribution is 8.13. The van der Waals surface area contributed by atoms with Gasteiger partial charge in [0.2, 0.25) is 0 Å². The fourth-order valence-electron chi connectivity index (χ4n) is 5.06. The third kappa shape index (κ3) is 33.8. The quantitative estimate of drug-likeness (QED) is 0.0531. The van der Waals surface area contributed by atoms with Crippen molar-refractivity contribution in [2.24, 2.45) is 0 Å². The molecule has 0 atom stereocenters. The molecule has 0 heterocycles. The molecule has 5 heteroatoms. The molecule has 0 saturated heterocycles. The van der Waals surface area contributed by atoms with Gasteiger partial charge in [0.05, 0.1) is 6.61 Å². The number of hydrogen-bond donors (Lipinski definition) is 0. The molecule has 0 aromatic heterocycles. The molecule has 0 rings (SSSR count). The molecule has 0 bridgehead atoms. The van der Waals surface area contributed by atoms with Gasteiger partial charge in [0.25, 0.3) is 5.24 Å². The molecule has 0 aliphatic rings. The summed E-state index contributed by atoms with van der Waals surface area (Å²) in [7, 11) is 4.15. The summed E-state index contributed by atoms with van der Waals surface area (Å²) in [5.74, 6) is 0.874. The number of allylic oxidation sites excluding steroid dienone is 5. The number of amides is 1. The number of carbonyl (C=O) groups excluding carboxylic acids is 1. The van der Waals surface area contributed by atoms with Crippen LogP contribution in [0.15, 0.2) is 36.5 Å². The van der Waals surface area contributed by atoms with E-state index >= 15 is 0 Å². The Morgan fingerprint density at radius 2 is 1.05 bits per heavy atom. The van der Waals surface area contributed by atoms with Crippen molar-refractivity contribution in [1.29, 1.82) is 0 Å². The number of nitrogens with zero attached hydrogens (tertiary/aromatic N) is 2. The number of carbonyl (C=O) groups is 1. The van der Waals surface area contributed by atoms with Crippen molar-refractivity contribution in [3.05, 3.63) is 36.5 Å². The van der Waals surface area contributed by atoms with Crippen LogP contribution in [-0.2, 0) is 4.74 Å². The summed E-state index contributed by atoms with van der Waals surface area (Å²) in [5, 5.41) is 0.277. The van der Waals surface area contributed by atoms with Crippen molar-refractivity contribution in [3.63, 3.8) is 0 Å². The van der Waals surface area contributed by atoms with Gasteiger partial charge in [0, 0.05) is 32.0 Å². The van der Waals surface area contributed by atoms with Crippen LogP contribution in [0.25, 0.3) is 0 Å². The largest absolute Gasteiger partial charge is 0.377 e. The van der Waals surface area contributed by atoms with Crippen LogP contribution in [0.3, 0.4) is 0 Å². The lowest BCUT2D eigenvalue weighted by Gasteiger charge is -2.22. The van der Waals surface area contributed by atoms with Gasteiger partial charge in [-0.1, -0.05) is 139 Å². The predicted molar refractivity (Wildman–Crippen MR) is 199 cm³/mol. The molecule has 0 aromatic rings. The SMILES string of the molecule is CCCCCCC=CCOCCCCCCCN(CCCCCCCC=CC/C=C\CCCCCC)C(=O)SCCN(C)C. The van der Waals surface area contributed by atoms with E-state index in [1.165, 1.54) is 127 Å². The predicted octanol–water partition coefficient (Wildman–Crippen LogP) is 12.0. The smallest absolute Gasteiger partial charge is 0.281 e. The number of hydrogen-bond acceptors (Lipinski definition) is 4. The van der Waals surface area contributed by atoms with Crippen molar-refractivity contribution >= 4 is 17.0 Å². The van der Waals surface area contributed by atoms with Crippen molar-refractivity contribution in [2.75, 3.05) is 52.7 Å². The summed E-state index contributed by atoms with van der Waals surface area (Å²) in [5.41, 5.74) is 0. The van der Waals surface area contributed by atoms with E-state index in [0.717, 1.165) is 64.3 Å². The van der Waals surface area contributed by atoms with Crippen LogP contribution in [-0.4, -0.2) is 67.7 Å². The van der Waals surface area contributed by atoms with Gasteiger partial charge < -0.3 is 14.5 Å². The zero-order chi connectivity index (χ0) is 32.2. The molecule has 0 fully saturated rings. The second kappa shape index (κ2) is 36.4. The Kier molecular flexibility index (Phi) is 35.6. The van der Waals surface area contributed by atoms with Crippen molar-refractivity contribution in [1.82, 2.24) is 9.80 Å². The molecule has 0 saturated carbocycles. The molecule has 1 amide bonds. The molecule has 258 valence electrons. The van der Waals surface area contributed by atoms with Crippen molar-refractivity contribution in [2.45, 2.75) is 155 Å². The molecule has 0 spiro atoms. The van der Waals surface area contributed by atoms with Gasteiger partial charge in [0.1, 0.15) is 0 Å². The van der Waals surface area contributed by atoms with E-state index in [0.29, 0.717) is 0 Å². The lowest BCUT2D eigenvalue weighted by atomic mass is 10.1. The summed E-state index contributed by atoms with van der Waals surface area (Å²) < 4.78 is 5.76. The van der Waals surface area contributed by atoms with E-state index in [2.05, 4.69) is 74.2 Å². The zero-order valence-corrected chi connectivity index (χ0v) is 30.7. The highest BCUT2D eigenvalue weighted by Gasteiger charge is 2.13. The third-order valence-electron chi connectivity index (χ3n) is 7.97. The molecular formula is C39H74N2O2S. The van der Waals surface area contributed by atoms with Crippen LogP contribution in [0.4, 0.5) is 4.79 Å². The molecule has 0 unspecified atom stereocenters. The second-order valence-corrected chi connectivity index (χ2v) is 13.7. The minimum absolute atomic E-state index is 0.277. The van der Waals surface area contributed by atoms with E-state index in [4.69, 9.17) is 4.74 Å². The van der Waals surface area contributed by atoms with Crippen LogP contribution < -0.4 is 0 Å². The minimum atomic E-state index is 0.277. The van der Waals surface area contributed by atoms with Crippen LogP contribution in [0.2, 0.25) is 0 Å². The van der Waals surface area contributed by atoms with Gasteiger partial charge in [-0.2, -0.15) is 0 Å². The van der Waals surface area contributed by atoms with Crippen molar-refractivity contribution < 1.29 is 9.53 Å². The zero-order valence-electron chi connectivity index (χ0n) is 29.9. The summed E-state index contributed by atoms with van der Waals surface area (Å²) in [4.78, 5) is 17.2. The Morgan fingerprint density at radius 3 is 1.59 bits per heavy atom. The van der Waals surface area contributed by atoms with Crippen molar-refractivity contribution in [3.8, 4) is 0 Å². The Labute approximate surface area is 279 Å². The minimum Gasteiger partial charge on any atom is -0.377 e. The fraction of sp³-hybridized carbons (Fsp3) is 0.821. The first-order valence-electron chi connectivity index (χ1n) is 18.7. The molecule has 4 nitrogen and oxygen atoms in total. The number of unbranched alkanes of at least 4 members (excludes halogenated alkanes) is 17. The van der Waals surface area contributed by atoms with Crippen LogP contribution in [0.1, 0.15) is 155 Å². The average molecular weight is 635 g/mol. The lowest BCUT2D eigenvalue weighted by Crippen LogP contribution is -2.30. The summed E-state index contributed by atoms with van der Waals surface area (Å²) in [6, 6.07) is 0. The average Bonchev–Trinajstić information content (AvgIpc) is 3.01. The number of rotatable bonds is 33. The van der Waals surface area contributed by atoms with E-state index in [9.17, 15) is 4.79 Å². The summed E-state index contributed by atoms with van der Waals surface area (Å²) >= 11 is 1.50. The van der Waals surface area contributed by atoms with Gasteiger partial charge in [-0.25, -0.2) is 0 Å². The van der Waals surface area contributed by atoms with Crippen LogP contribution in [0, 0.1) is 0 Å². The first kappa shape index (κ1) is 43.0. The molecule has 0 N–H and O–H groups in total. The monoisotopic (exact) mass is 635 g/mol. The number of thioether (sulfide) groups is 1. The Bertz CT molecular complexity index is 677. The van der Waals surface area contributed by atoms with Gasteiger partial charge >= 0.3 is 0 Å². The van der Waals surface area contributed by atoms with Gasteiger partial charge in [-0.3, -0.25) is 4.79 Å². The Hall–Kier alpha value is -1.04. The van der Waals surface area contributed by atoms with Crippen LogP contribution in [0.5, 0.6) is 0 Å². The standard InChI is InChI=1S/C39H74N2O2S/c1-5-7-9-11-13-14-15-16-17-18-19-20-21-22-25-29-33-41(39(42)44-38-35-40(3)4)34-30-26-24-28-32-37-43-36-31-27-23-12-10-8-6-2/h14-15,17-18,27,31H,5-13,16,19-26,28-30,32-38H2,1-4H3/b15-14-,18-17?,31-27?. The Balaban J connectivity index is 3.96. The molecule has 0 aliphatic heterocycles. The highest BCUT2D eigenvalue weighted by Crippen LogP contribution is 2.14. The molecule has 0 radical (unpaired) electrons. The first-order chi connectivity index (χ1) is 21.6. The second-order valence-electron chi connectivity index (χ2n) is 12.7. The fourth-order valence-corrected chi connectivity index (χ4v) is 6.05. The topological polar surface area (TPSA) is 32.8 Å². The summed E-state index contributed by atoms with van der Waals surface area (Å²) in [6.07, 6.45) is 41.3. The molecular weight excluding hydrogens is 561 g/mol.